The van der Waals surface area contributed by atoms with Gasteiger partial charge < -0.3 is 14.4 Å². The Morgan fingerprint density at radius 3 is 2.52 bits per heavy atom. The van der Waals surface area contributed by atoms with Gasteiger partial charge in [-0.05, 0) is 37.1 Å². The van der Waals surface area contributed by atoms with Gasteiger partial charge in [0.1, 0.15) is 5.75 Å². The summed E-state index contributed by atoms with van der Waals surface area (Å²) >= 11 is 0. The topological polar surface area (TPSA) is 72.6 Å². The largest absolute Gasteiger partial charge is 0.476 e. The summed E-state index contributed by atoms with van der Waals surface area (Å²) in [6.45, 7) is 0. The lowest BCUT2D eigenvalue weighted by atomic mass is 10.1. The number of carboxylic acid groups (broad SMARTS) is 1. The summed E-state index contributed by atoms with van der Waals surface area (Å²) in [5.74, 6) is -1.61. The van der Waals surface area contributed by atoms with Gasteiger partial charge in [0.05, 0.1) is 5.92 Å². The van der Waals surface area contributed by atoms with E-state index < -0.39 is 18.0 Å². The molecule has 0 atom stereocenters. The number of alkyl halides is 2. The second kappa shape index (κ2) is 4.83. The Bertz CT molecular complexity index is 662. The molecule has 1 heterocycles. The van der Waals surface area contributed by atoms with Gasteiger partial charge in [-0.3, -0.25) is 0 Å². The summed E-state index contributed by atoms with van der Waals surface area (Å²) in [6, 6.07) is 7.04. The lowest BCUT2D eigenvalue weighted by Gasteiger charge is -2.17. The van der Waals surface area contributed by atoms with E-state index in [9.17, 15) is 13.6 Å². The molecule has 1 aromatic heterocycles. The molecule has 1 N–H and O–H groups in total. The van der Waals surface area contributed by atoms with Crippen molar-refractivity contribution in [2.75, 3.05) is 0 Å². The summed E-state index contributed by atoms with van der Waals surface area (Å²) in [6.07, 6.45) is -2.20. The van der Waals surface area contributed by atoms with E-state index in [1.165, 1.54) is 30.3 Å². The zero-order valence-corrected chi connectivity index (χ0v) is 10.8. The summed E-state index contributed by atoms with van der Waals surface area (Å²) in [5.41, 5.74) is 0.308. The van der Waals surface area contributed by atoms with Crippen molar-refractivity contribution in [2.24, 2.45) is 5.92 Å². The Kier molecular flexibility index (Phi) is 3.12. The molecule has 21 heavy (non-hydrogen) atoms. The smallest absolute Gasteiger partial charge is 0.400 e. The minimum atomic E-state index is -3.15. The lowest BCUT2D eigenvalue weighted by molar-refractivity contribution is -0.192. The highest BCUT2D eigenvalue weighted by molar-refractivity contribution is 5.86. The van der Waals surface area contributed by atoms with Crippen molar-refractivity contribution >= 4 is 5.97 Å². The molecule has 0 spiro atoms. The third kappa shape index (κ3) is 2.86. The summed E-state index contributed by atoms with van der Waals surface area (Å²) in [4.78, 5) is 10.7. The van der Waals surface area contributed by atoms with E-state index in [1.54, 1.807) is 0 Å². The number of carbonyl (C=O) groups is 1. The average Bonchev–Trinajstić information content (AvgIpc) is 3.18. The van der Waals surface area contributed by atoms with Gasteiger partial charge in [-0.1, -0.05) is 5.16 Å². The van der Waals surface area contributed by atoms with Crippen molar-refractivity contribution in [2.45, 2.75) is 19.0 Å². The van der Waals surface area contributed by atoms with E-state index in [0.29, 0.717) is 18.4 Å². The van der Waals surface area contributed by atoms with Crippen LogP contribution in [0.3, 0.4) is 0 Å². The van der Waals surface area contributed by atoms with Gasteiger partial charge in [-0.15, -0.1) is 0 Å². The minimum Gasteiger partial charge on any atom is -0.476 e. The molecule has 1 saturated carbocycles. The van der Waals surface area contributed by atoms with Crippen molar-refractivity contribution < 1.29 is 27.9 Å². The number of rotatable bonds is 5. The standard InChI is InChI=1S/C14H11F2NO4/c15-14(16,9-3-4-9)20-10-5-1-8(2-6-10)12-7-11(13(18)19)17-21-12/h1-2,5-7,9H,3-4H2,(H,18,19). The number of hydrogen-bond acceptors (Lipinski definition) is 4. The third-order valence-electron chi connectivity index (χ3n) is 3.17. The first-order valence-corrected chi connectivity index (χ1v) is 6.33. The van der Waals surface area contributed by atoms with Crippen LogP contribution in [0, 0.1) is 5.92 Å². The van der Waals surface area contributed by atoms with Crippen LogP contribution in [-0.2, 0) is 0 Å². The molecule has 0 radical (unpaired) electrons. The van der Waals surface area contributed by atoms with Gasteiger partial charge in [0.15, 0.2) is 11.5 Å². The second-order valence-electron chi connectivity index (χ2n) is 4.84. The summed E-state index contributed by atoms with van der Waals surface area (Å²) in [5, 5.41) is 12.1. The molecule has 1 aliphatic rings. The minimum absolute atomic E-state index is 0.0497. The number of aromatic carboxylic acids is 1. The molecule has 0 aliphatic heterocycles. The Balaban J connectivity index is 1.75. The van der Waals surface area contributed by atoms with Crippen LogP contribution in [-0.4, -0.2) is 22.3 Å². The Morgan fingerprint density at radius 1 is 1.33 bits per heavy atom. The number of hydrogen-bond donors (Lipinski definition) is 1. The Hall–Kier alpha value is -2.44. The number of benzene rings is 1. The molecule has 7 heteroatoms. The van der Waals surface area contributed by atoms with E-state index in [4.69, 9.17) is 9.63 Å². The molecule has 0 unspecified atom stereocenters. The Morgan fingerprint density at radius 2 is 2.00 bits per heavy atom. The van der Waals surface area contributed by atoms with Crippen molar-refractivity contribution in [3.05, 3.63) is 36.0 Å². The number of ether oxygens (including phenoxy) is 1. The molecule has 110 valence electrons. The highest BCUT2D eigenvalue weighted by Gasteiger charge is 2.49. The summed E-state index contributed by atoms with van der Waals surface area (Å²) in [7, 11) is 0. The fourth-order valence-corrected chi connectivity index (χ4v) is 1.86. The zero-order valence-electron chi connectivity index (χ0n) is 10.8. The highest BCUT2D eigenvalue weighted by atomic mass is 19.3. The van der Waals surface area contributed by atoms with Crippen molar-refractivity contribution in [1.29, 1.82) is 0 Å². The van der Waals surface area contributed by atoms with Gasteiger partial charge >= 0.3 is 12.1 Å². The first-order chi connectivity index (χ1) is 9.95. The van der Waals surface area contributed by atoms with Crippen LogP contribution < -0.4 is 4.74 Å². The van der Waals surface area contributed by atoms with Crippen LogP contribution in [0.1, 0.15) is 23.3 Å². The van der Waals surface area contributed by atoms with Gasteiger partial charge in [-0.25, -0.2) is 4.79 Å². The molecule has 0 amide bonds. The van der Waals surface area contributed by atoms with E-state index in [-0.39, 0.29) is 17.2 Å². The number of halogens is 2. The first kappa shape index (κ1) is 13.5. The molecule has 0 saturated heterocycles. The molecule has 1 aliphatic carbocycles. The quantitative estimate of drug-likeness (QED) is 0.915. The zero-order chi connectivity index (χ0) is 15.0. The van der Waals surface area contributed by atoms with E-state index >= 15 is 0 Å². The monoisotopic (exact) mass is 295 g/mol. The van der Waals surface area contributed by atoms with Crippen LogP contribution in [0.5, 0.6) is 5.75 Å². The lowest BCUT2D eigenvalue weighted by Crippen LogP contribution is -2.27. The second-order valence-corrected chi connectivity index (χ2v) is 4.84. The van der Waals surface area contributed by atoms with Gasteiger partial charge in [0.25, 0.3) is 0 Å². The molecular formula is C14H11F2NO4. The molecule has 5 nitrogen and oxygen atoms in total. The van der Waals surface area contributed by atoms with Crippen LogP contribution >= 0.6 is 0 Å². The number of aromatic nitrogens is 1. The van der Waals surface area contributed by atoms with Crippen LogP contribution in [0.25, 0.3) is 11.3 Å². The van der Waals surface area contributed by atoms with Crippen LogP contribution in [0.15, 0.2) is 34.9 Å². The fourth-order valence-electron chi connectivity index (χ4n) is 1.86. The normalized spacial score (nSPS) is 15.0. The first-order valence-electron chi connectivity index (χ1n) is 6.33. The highest BCUT2D eigenvalue weighted by Crippen LogP contribution is 2.44. The molecular weight excluding hydrogens is 284 g/mol. The Labute approximate surface area is 118 Å². The van der Waals surface area contributed by atoms with Crippen molar-refractivity contribution in [1.82, 2.24) is 5.16 Å². The maximum atomic E-state index is 13.5. The summed E-state index contributed by atoms with van der Waals surface area (Å²) < 4.78 is 36.6. The SMILES string of the molecule is O=C(O)c1cc(-c2ccc(OC(F)(F)C3CC3)cc2)on1. The maximum absolute atomic E-state index is 13.5. The van der Waals surface area contributed by atoms with Crippen molar-refractivity contribution in [3.63, 3.8) is 0 Å². The molecule has 0 bridgehead atoms. The molecule has 3 rings (SSSR count). The van der Waals surface area contributed by atoms with Crippen LogP contribution in [0.2, 0.25) is 0 Å². The maximum Gasteiger partial charge on any atom is 0.400 e. The van der Waals surface area contributed by atoms with E-state index in [1.807, 2.05) is 0 Å². The molecule has 2 aromatic rings. The van der Waals surface area contributed by atoms with Gasteiger partial charge in [0, 0.05) is 11.6 Å². The van der Waals surface area contributed by atoms with E-state index in [2.05, 4.69) is 9.89 Å². The predicted octanol–water partition coefficient (Wildman–Crippen LogP) is 3.42. The van der Waals surface area contributed by atoms with Gasteiger partial charge in [0.2, 0.25) is 0 Å². The fraction of sp³-hybridized carbons (Fsp3) is 0.286. The average molecular weight is 295 g/mol. The van der Waals surface area contributed by atoms with Crippen molar-refractivity contribution in [3.8, 4) is 17.1 Å². The number of nitrogens with zero attached hydrogens (tertiary/aromatic N) is 1. The molecule has 1 fully saturated rings. The van der Waals surface area contributed by atoms with Crippen LogP contribution in [0.4, 0.5) is 8.78 Å². The third-order valence-corrected chi connectivity index (χ3v) is 3.17. The predicted molar refractivity (Wildman–Crippen MR) is 67.2 cm³/mol. The van der Waals surface area contributed by atoms with E-state index in [0.717, 1.165) is 0 Å². The van der Waals surface area contributed by atoms with Gasteiger partial charge in [-0.2, -0.15) is 8.78 Å². The molecule has 1 aromatic carbocycles. The number of carboxylic acids is 1.